The second-order valence-electron chi connectivity index (χ2n) is 5.18. The van der Waals surface area contributed by atoms with Crippen LogP contribution >= 0.6 is 12.4 Å². The van der Waals surface area contributed by atoms with Crippen LogP contribution in [0.1, 0.15) is 32.6 Å². The number of ether oxygens (including phenoxy) is 1. The molecule has 20 heavy (non-hydrogen) atoms. The summed E-state index contributed by atoms with van der Waals surface area (Å²) in [5.74, 6) is 0.588. The number of nitrogens with two attached hydrogens (primary N) is 1. The van der Waals surface area contributed by atoms with Crippen molar-refractivity contribution >= 4 is 24.0 Å². The van der Waals surface area contributed by atoms with E-state index in [1.165, 1.54) is 12.8 Å². The van der Waals surface area contributed by atoms with Gasteiger partial charge in [-0.05, 0) is 37.8 Å². The zero-order valence-corrected chi connectivity index (χ0v) is 12.6. The van der Waals surface area contributed by atoms with Crippen LogP contribution in [0.5, 0.6) is 5.75 Å². The molecule has 0 aliphatic heterocycles. The maximum Gasteiger partial charge on any atom is 0.228 e. The first kappa shape index (κ1) is 16.8. The predicted molar refractivity (Wildman–Crippen MR) is 83.4 cm³/mol. The third kappa shape index (κ3) is 4.69. The van der Waals surface area contributed by atoms with Gasteiger partial charge >= 0.3 is 0 Å². The summed E-state index contributed by atoms with van der Waals surface area (Å²) in [7, 11) is 0. The van der Waals surface area contributed by atoms with Crippen molar-refractivity contribution < 1.29 is 9.53 Å². The predicted octanol–water partition coefficient (Wildman–Crippen LogP) is 2.96. The van der Waals surface area contributed by atoms with Crippen molar-refractivity contribution in [1.29, 1.82) is 0 Å². The summed E-state index contributed by atoms with van der Waals surface area (Å²) >= 11 is 0. The lowest BCUT2D eigenvalue weighted by atomic mass is 10.1. The van der Waals surface area contributed by atoms with Crippen molar-refractivity contribution in [1.82, 2.24) is 0 Å². The summed E-state index contributed by atoms with van der Waals surface area (Å²) in [6.07, 6.45) is 5.07. The molecule has 1 aliphatic carbocycles. The fourth-order valence-electron chi connectivity index (χ4n) is 2.22. The molecule has 1 aromatic rings. The van der Waals surface area contributed by atoms with Gasteiger partial charge in [0.25, 0.3) is 0 Å². The topological polar surface area (TPSA) is 64.4 Å². The average Bonchev–Trinajstić information content (AvgIpc) is 2.91. The molecular weight excluding hydrogens is 276 g/mol. The molecule has 112 valence electrons. The van der Waals surface area contributed by atoms with Gasteiger partial charge in [-0.2, -0.15) is 0 Å². The van der Waals surface area contributed by atoms with E-state index in [4.69, 9.17) is 10.5 Å². The van der Waals surface area contributed by atoms with Crippen LogP contribution < -0.4 is 15.8 Å². The van der Waals surface area contributed by atoms with Crippen LogP contribution in [0.3, 0.4) is 0 Å². The molecule has 4 nitrogen and oxygen atoms in total. The second kappa shape index (κ2) is 8.12. The zero-order chi connectivity index (χ0) is 13.7. The van der Waals surface area contributed by atoms with Gasteiger partial charge in [0, 0.05) is 24.2 Å². The molecule has 1 saturated carbocycles. The Hall–Kier alpha value is -1.26. The van der Waals surface area contributed by atoms with E-state index < -0.39 is 0 Å². The third-order valence-electron chi connectivity index (χ3n) is 3.51. The van der Waals surface area contributed by atoms with Crippen LogP contribution in [0.25, 0.3) is 0 Å². The highest BCUT2D eigenvalue weighted by Gasteiger charge is 2.17. The Bertz CT molecular complexity index is 434. The standard InChI is InChI=1S/C15H22N2O2.ClH/c1-11(10-16)15(18)17-12-5-4-8-14(9-12)19-13-6-2-3-7-13;/h4-5,8-9,11,13H,2-3,6-7,10,16H2,1H3,(H,17,18);1H. The quantitative estimate of drug-likeness (QED) is 0.878. The van der Waals surface area contributed by atoms with Crippen molar-refractivity contribution in [2.24, 2.45) is 11.7 Å². The van der Waals surface area contributed by atoms with Crippen LogP contribution in [0.15, 0.2) is 24.3 Å². The number of anilines is 1. The normalized spacial score (nSPS) is 16.3. The lowest BCUT2D eigenvalue weighted by Crippen LogP contribution is -2.26. The maximum atomic E-state index is 11.8. The molecule has 0 saturated heterocycles. The molecule has 1 unspecified atom stereocenters. The van der Waals surface area contributed by atoms with E-state index in [2.05, 4.69) is 5.32 Å². The Morgan fingerprint density at radius 2 is 2.15 bits per heavy atom. The number of rotatable bonds is 5. The first-order chi connectivity index (χ1) is 9.19. The molecule has 1 aliphatic rings. The van der Waals surface area contributed by atoms with Gasteiger partial charge < -0.3 is 15.8 Å². The second-order valence-corrected chi connectivity index (χ2v) is 5.18. The minimum absolute atomic E-state index is 0. The molecule has 0 aromatic heterocycles. The van der Waals surface area contributed by atoms with Crippen molar-refractivity contribution in [3.8, 4) is 5.75 Å². The number of amides is 1. The first-order valence-corrected chi connectivity index (χ1v) is 6.96. The Morgan fingerprint density at radius 3 is 2.80 bits per heavy atom. The molecule has 1 aromatic carbocycles. The van der Waals surface area contributed by atoms with Crippen LogP contribution in [0, 0.1) is 5.92 Å². The van der Waals surface area contributed by atoms with Crippen molar-refractivity contribution in [2.45, 2.75) is 38.7 Å². The Labute approximate surface area is 126 Å². The number of nitrogens with one attached hydrogen (secondary N) is 1. The summed E-state index contributed by atoms with van der Waals surface area (Å²) in [5.41, 5.74) is 6.24. The fraction of sp³-hybridized carbons (Fsp3) is 0.533. The van der Waals surface area contributed by atoms with E-state index in [9.17, 15) is 4.79 Å². The molecule has 5 heteroatoms. The van der Waals surface area contributed by atoms with Crippen LogP contribution in [-0.4, -0.2) is 18.6 Å². The van der Waals surface area contributed by atoms with Crippen molar-refractivity contribution in [3.63, 3.8) is 0 Å². The number of benzene rings is 1. The summed E-state index contributed by atoms with van der Waals surface area (Å²) in [5, 5.41) is 2.86. The number of carbonyl (C=O) groups excluding carboxylic acids is 1. The van der Waals surface area contributed by atoms with Gasteiger partial charge in [0.2, 0.25) is 5.91 Å². The molecule has 0 radical (unpaired) electrons. The lowest BCUT2D eigenvalue weighted by Gasteiger charge is -2.15. The number of hydrogen-bond donors (Lipinski definition) is 2. The maximum absolute atomic E-state index is 11.8. The monoisotopic (exact) mass is 298 g/mol. The van der Waals surface area contributed by atoms with Gasteiger partial charge in [-0.1, -0.05) is 13.0 Å². The molecule has 1 atom stereocenters. The highest BCUT2D eigenvalue weighted by molar-refractivity contribution is 5.92. The minimum atomic E-state index is -0.181. The van der Waals surface area contributed by atoms with Gasteiger partial charge in [-0.3, -0.25) is 4.79 Å². The van der Waals surface area contributed by atoms with E-state index in [0.29, 0.717) is 12.6 Å². The average molecular weight is 299 g/mol. The van der Waals surface area contributed by atoms with E-state index >= 15 is 0 Å². The Kier molecular flexibility index (Phi) is 6.82. The fourth-order valence-corrected chi connectivity index (χ4v) is 2.22. The largest absolute Gasteiger partial charge is 0.490 e. The molecule has 3 N–H and O–H groups in total. The molecule has 1 fully saturated rings. The van der Waals surface area contributed by atoms with E-state index in [0.717, 1.165) is 24.3 Å². The van der Waals surface area contributed by atoms with Crippen molar-refractivity contribution in [2.75, 3.05) is 11.9 Å². The van der Waals surface area contributed by atoms with Gasteiger partial charge in [0.15, 0.2) is 0 Å². The summed E-state index contributed by atoms with van der Waals surface area (Å²) in [6, 6.07) is 7.56. The summed E-state index contributed by atoms with van der Waals surface area (Å²) < 4.78 is 5.91. The van der Waals surface area contributed by atoms with Gasteiger partial charge in [0.1, 0.15) is 5.75 Å². The lowest BCUT2D eigenvalue weighted by molar-refractivity contribution is -0.119. The molecular formula is C15H23ClN2O2. The molecule has 0 spiro atoms. The van der Waals surface area contributed by atoms with Crippen LogP contribution in [-0.2, 0) is 4.79 Å². The van der Waals surface area contributed by atoms with Gasteiger partial charge in [-0.15, -0.1) is 12.4 Å². The number of carbonyl (C=O) groups is 1. The van der Waals surface area contributed by atoms with Crippen LogP contribution in [0.4, 0.5) is 5.69 Å². The van der Waals surface area contributed by atoms with E-state index in [1.807, 2.05) is 31.2 Å². The smallest absolute Gasteiger partial charge is 0.228 e. The van der Waals surface area contributed by atoms with Crippen molar-refractivity contribution in [3.05, 3.63) is 24.3 Å². The summed E-state index contributed by atoms with van der Waals surface area (Å²) in [4.78, 5) is 11.8. The number of hydrogen-bond acceptors (Lipinski definition) is 3. The molecule has 2 rings (SSSR count). The SMILES string of the molecule is CC(CN)C(=O)Nc1cccc(OC2CCCC2)c1.Cl. The molecule has 0 bridgehead atoms. The van der Waals surface area contributed by atoms with Gasteiger partial charge in [0.05, 0.1) is 6.10 Å². The number of halogens is 1. The third-order valence-corrected chi connectivity index (χ3v) is 3.51. The Balaban J connectivity index is 0.00000200. The molecule has 0 heterocycles. The van der Waals surface area contributed by atoms with Gasteiger partial charge in [-0.25, -0.2) is 0 Å². The molecule has 1 amide bonds. The highest BCUT2D eigenvalue weighted by Crippen LogP contribution is 2.25. The summed E-state index contributed by atoms with van der Waals surface area (Å²) in [6.45, 7) is 2.16. The van der Waals surface area contributed by atoms with E-state index in [-0.39, 0.29) is 24.2 Å². The first-order valence-electron chi connectivity index (χ1n) is 6.96. The van der Waals surface area contributed by atoms with Crippen LogP contribution in [0.2, 0.25) is 0 Å². The zero-order valence-electron chi connectivity index (χ0n) is 11.8. The Morgan fingerprint density at radius 1 is 1.45 bits per heavy atom. The van der Waals surface area contributed by atoms with E-state index in [1.54, 1.807) is 0 Å². The highest BCUT2D eigenvalue weighted by atomic mass is 35.5. The minimum Gasteiger partial charge on any atom is -0.490 e.